The summed E-state index contributed by atoms with van der Waals surface area (Å²) in [6, 6.07) is 0. The highest BCUT2D eigenvalue weighted by Gasteiger charge is 2.19. The first-order chi connectivity index (χ1) is 9.33. The number of thiazole rings is 1. The largest absolute Gasteiger partial charge is 0.368 e. The van der Waals surface area contributed by atoms with E-state index in [1.165, 1.54) is 37.0 Å². The maximum Gasteiger partial charge on any atom is 0.223 e. The molecule has 2 aromatic rings. The van der Waals surface area contributed by atoms with Crippen molar-refractivity contribution >= 4 is 17.3 Å². The first kappa shape index (κ1) is 12.5. The van der Waals surface area contributed by atoms with Crippen molar-refractivity contribution in [1.29, 1.82) is 0 Å². The molecule has 0 saturated heterocycles. The average molecular weight is 275 g/mol. The van der Waals surface area contributed by atoms with Crippen molar-refractivity contribution in [2.24, 2.45) is 0 Å². The molecule has 0 spiro atoms. The van der Waals surface area contributed by atoms with Gasteiger partial charge in [0.2, 0.25) is 5.95 Å². The van der Waals surface area contributed by atoms with E-state index in [2.05, 4.69) is 19.9 Å². The molecule has 1 aliphatic carbocycles. The van der Waals surface area contributed by atoms with Crippen LogP contribution in [0.2, 0.25) is 0 Å². The Labute approximate surface area is 116 Å². The van der Waals surface area contributed by atoms with Gasteiger partial charge in [-0.1, -0.05) is 25.7 Å². The SMILES string of the molecule is Nc1nc(-c2cscn2)nc(C2CCCCCC2)n1. The first-order valence-corrected chi connectivity index (χ1v) is 7.67. The summed E-state index contributed by atoms with van der Waals surface area (Å²) in [6.07, 6.45) is 7.44. The molecule has 2 aromatic heterocycles. The molecule has 0 amide bonds. The summed E-state index contributed by atoms with van der Waals surface area (Å²) < 4.78 is 0. The number of hydrogen-bond donors (Lipinski definition) is 1. The van der Waals surface area contributed by atoms with Crippen molar-refractivity contribution in [2.75, 3.05) is 5.73 Å². The van der Waals surface area contributed by atoms with Crippen LogP contribution >= 0.6 is 11.3 Å². The summed E-state index contributed by atoms with van der Waals surface area (Å²) in [5.41, 5.74) is 8.39. The zero-order valence-electron chi connectivity index (χ0n) is 10.7. The van der Waals surface area contributed by atoms with Gasteiger partial charge in [-0.25, -0.2) is 9.97 Å². The van der Waals surface area contributed by atoms with E-state index in [-0.39, 0.29) is 0 Å². The Kier molecular flexibility index (Phi) is 3.68. The molecular formula is C13H17N5S. The van der Waals surface area contributed by atoms with Gasteiger partial charge in [0.05, 0.1) is 5.51 Å². The van der Waals surface area contributed by atoms with Crippen molar-refractivity contribution in [3.05, 3.63) is 16.7 Å². The number of rotatable bonds is 2. The molecule has 1 aliphatic rings. The number of hydrogen-bond acceptors (Lipinski definition) is 6. The third-order valence-corrected chi connectivity index (χ3v) is 4.14. The third kappa shape index (κ3) is 2.89. The molecule has 6 heteroatoms. The Morgan fingerprint density at radius 3 is 2.53 bits per heavy atom. The van der Waals surface area contributed by atoms with E-state index in [1.54, 1.807) is 5.51 Å². The first-order valence-electron chi connectivity index (χ1n) is 6.73. The van der Waals surface area contributed by atoms with Gasteiger partial charge >= 0.3 is 0 Å². The van der Waals surface area contributed by atoms with Gasteiger partial charge in [0.15, 0.2) is 5.82 Å². The molecule has 5 nitrogen and oxygen atoms in total. The second-order valence-corrected chi connectivity index (χ2v) is 5.66. The number of nitrogens with zero attached hydrogens (tertiary/aromatic N) is 4. The van der Waals surface area contributed by atoms with Crippen LogP contribution in [0.15, 0.2) is 10.9 Å². The van der Waals surface area contributed by atoms with Crippen molar-refractivity contribution in [3.63, 3.8) is 0 Å². The van der Waals surface area contributed by atoms with E-state index in [1.807, 2.05) is 5.38 Å². The van der Waals surface area contributed by atoms with Gasteiger partial charge in [-0.15, -0.1) is 11.3 Å². The molecule has 0 bridgehead atoms. The Morgan fingerprint density at radius 1 is 1.05 bits per heavy atom. The molecular weight excluding hydrogens is 258 g/mol. The number of anilines is 1. The summed E-state index contributed by atoms with van der Waals surface area (Å²) in [5, 5.41) is 1.94. The summed E-state index contributed by atoms with van der Waals surface area (Å²) >= 11 is 1.53. The maximum absolute atomic E-state index is 5.82. The standard InChI is InChI=1S/C13H17N5S/c14-13-17-11(9-5-3-1-2-4-6-9)16-12(18-13)10-7-19-8-15-10/h7-9H,1-6H2,(H2,14,16,17,18). The quantitative estimate of drug-likeness (QED) is 0.852. The average Bonchev–Trinajstić information content (AvgIpc) is 2.81. The number of nitrogen functional groups attached to an aromatic ring is 1. The number of aromatic nitrogens is 4. The second-order valence-electron chi connectivity index (χ2n) is 4.94. The minimum absolute atomic E-state index is 0.303. The van der Waals surface area contributed by atoms with Crippen LogP contribution < -0.4 is 5.73 Å². The second kappa shape index (κ2) is 5.61. The van der Waals surface area contributed by atoms with Crippen LogP contribution in [0.1, 0.15) is 50.3 Å². The molecule has 2 heterocycles. The van der Waals surface area contributed by atoms with Crippen LogP contribution in [-0.2, 0) is 0 Å². The van der Waals surface area contributed by atoms with E-state index in [0.717, 1.165) is 24.4 Å². The maximum atomic E-state index is 5.82. The molecule has 0 aliphatic heterocycles. The van der Waals surface area contributed by atoms with E-state index < -0.39 is 0 Å². The van der Waals surface area contributed by atoms with Gasteiger partial charge in [-0.2, -0.15) is 9.97 Å². The summed E-state index contributed by atoms with van der Waals surface area (Å²) in [4.78, 5) is 17.4. The monoisotopic (exact) mass is 275 g/mol. The zero-order chi connectivity index (χ0) is 13.1. The molecule has 0 radical (unpaired) electrons. The predicted octanol–water partition coefficient (Wildman–Crippen LogP) is 3.02. The highest BCUT2D eigenvalue weighted by Crippen LogP contribution is 2.30. The van der Waals surface area contributed by atoms with E-state index in [0.29, 0.717) is 17.7 Å². The Bertz CT molecular complexity index is 532. The van der Waals surface area contributed by atoms with E-state index >= 15 is 0 Å². The highest BCUT2D eigenvalue weighted by molar-refractivity contribution is 7.07. The Morgan fingerprint density at radius 2 is 1.84 bits per heavy atom. The lowest BCUT2D eigenvalue weighted by Crippen LogP contribution is -2.09. The molecule has 0 unspecified atom stereocenters. The van der Waals surface area contributed by atoms with Gasteiger partial charge < -0.3 is 5.73 Å². The van der Waals surface area contributed by atoms with Gasteiger partial charge in [-0.3, -0.25) is 0 Å². The van der Waals surface area contributed by atoms with Crippen molar-refractivity contribution in [1.82, 2.24) is 19.9 Å². The summed E-state index contributed by atoms with van der Waals surface area (Å²) in [7, 11) is 0. The van der Waals surface area contributed by atoms with Gasteiger partial charge in [0, 0.05) is 11.3 Å². The molecule has 1 fully saturated rings. The molecule has 19 heavy (non-hydrogen) atoms. The van der Waals surface area contributed by atoms with Crippen molar-refractivity contribution in [2.45, 2.75) is 44.4 Å². The van der Waals surface area contributed by atoms with Crippen LogP contribution in [0.4, 0.5) is 5.95 Å². The van der Waals surface area contributed by atoms with Gasteiger partial charge in [0.1, 0.15) is 11.5 Å². The number of nitrogens with two attached hydrogens (primary N) is 1. The van der Waals surface area contributed by atoms with E-state index in [9.17, 15) is 0 Å². The zero-order valence-corrected chi connectivity index (χ0v) is 11.6. The lowest BCUT2D eigenvalue weighted by atomic mass is 9.99. The lowest BCUT2D eigenvalue weighted by molar-refractivity contribution is 0.559. The molecule has 1 saturated carbocycles. The fourth-order valence-electron chi connectivity index (χ4n) is 2.57. The van der Waals surface area contributed by atoms with Crippen molar-refractivity contribution in [3.8, 4) is 11.5 Å². The normalized spacial score (nSPS) is 17.3. The molecule has 2 N–H and O–H groups in total. The molecule has 0 aromatic carbocycles. The smallest absolute Gasteiger partial charge is 0.223 e. The lowest BCUT2D eigenvalue weighted by Gasteiger charge is -2.13. The summed E-state index contributed by atoms with van der Waals surface area (Å²) in [5.74, 6) is 2.17. The highest BCUT2D eigenvalue weighted by atomic mass is 32.1. The topological polar surface area (TPSA) is 77.6 Å². The third-order valence-electron chi connectivity index (χ3n) is 3.55. The van der Waals surface area contributed by atoms with Crippen molar-refractivity contribution < 1.29 is 0 Å². The van der Waals surface area contributed by atoms with Crippen LogP contribution in [-0.4, -0.2) is 19.9 Å². The fourth-order valence-corrected chi connectivity index (χ4v) is 3.10. The molecule has 0 atom stereocenters. The molecule has 100 valence electrons. The minimum atomic E-state index is 0.303. The Hall–Kier alpha value is -1.56. The van der Waals surface area contributed by atoms with Gasteiger partial charge in [-0.05, 0) is 12.8 Å². The van der Waals surface area contributed by atoms with Gasteiger partial charge in [0.25, 0.3) is 0 Å². The minimum Gasteiger partial charge on any atom is -0.368 e. The van der Waals surface area contributed by atoms with Crippen LogP contribution in [0.3, 0.4) is 0 Å². The predicted molar refractivity (Wildman–Crippen MR) is 75.8 cm³/mol. The Balaban J connectivity index is 1.92. The van der Waals surface area contributed by atoms with Crippen LogP contribution in [0.5, 0.6) is 0 Å². The fraction of sp³-hybridized carbons (Fsp3) is 0.538. The van der Waals surface area contributed by atoms with Crippen LogP contribution in [0.25, 0.3) is 11.5 Å². The summed E-state index contributed by atoms with van der Waals surface area (Å²) in [6.45, 7) is 0. The van der Waals surface area contributed by atoms with E-state index in [4.69, 9.17) is 5.73 Å². The molecule has 3 rings (SSSR count). The van der Waals surface area contributed by atoms with Crippen LogP contribution in [0, 0.1) is 0 Å².